The lowest BCUT2D eigenvalue weighted by atomic mass is 10.1. The molecule has 0 N–H and O–H groups in total. The SMILES string of the molecule is O=C(Cl)c1ccc(-c2ccc3ccccc3c2)s1. The Morgan fingerprint density at radius 1 is 0.944 bits per heavy atom. The molecule has 3 aromatic rings. The van der Waals surface area contributed by atoms with Crippen molar-refractivity contribution in [3.63, 3.8) is 0 Å². The van der Waals surface area contributed by atoms with Gasteiger partial charge in [0.25, 0.3) is 5.24 Å². The number of thiophene rings is 1. The van der Waals surface area contributed by atoms with Gasteiger partial charge in [-0.2, -0.15) is 0 Å². The highest BCUT2D eigenvalue weighted by atomic mass is 35.5. The van der Waals surface area contributed by atoms with Crippen molar-refractivity contribution in [2.75, 3.05) is 0 Å². The van der Waals surface area contributed by atoms with Crippen molar-refractivity contribution in [2.45, 2.75) is 0 Å². The third kappa shape index (κ3) is 2.05. The maximum atomic E-state index is 11.1. The highest BCUT2D eigenvalue weighted by molar-refractivity contribution is 7.18. The van der Waals surface area contributed by atoms with Crippen LogP contribution in [0.4, 0.5) is 0 Å². The highest BCUT2D eigenvalue weighted by Crippen LogP contribution is 2.31. The van der Waals surface area contributed by atoms with E-state index in [1.807, 2.05) is 18.2 Å². The van der Waals surface area contributed by atoms with Crippen LogP contribution in [0.25, 0.3) is 21.2 Å². The van der Waals surface area contributed by atoms with Crippen LogP contribution < -0.4 is 0 Å². The van der Waals surface area contributed by atoms with Crippen molar-refractivity contribution >= 4 is 39.0 Å². The van der Waals surface area contributed by atoms with Crippen LogP contribution in [0.2, 0.25) is 0 Å². The molecule has 18 heavy (non-hydrogen) atoms. The van der Waals surface area contributed by atoms with E-state index in [0.29, 0.717) is 4.88 Å². The van der Waals surface area contributed by atoms with E-state index in [4.69, 9.17) is 11.6 Å². The Kier molecular flexibility index (Phi) is 2.90. The van der Waals surface area contributed by atoms with Crippen LogP contribution in [-0.4, -0.2) is 5.24 Å². The first-order valence-corrected chi connectivity index (χ1v) is 6.72. The molecule has 0 unspecified atom stereocenters. The van der Waals surface area contributed by atoms with Gasteiger partial charge in [0.1, 0.15) is 0 Å². The molecule has 0 radical (unpaired) electrons. The normalized spacial score (nSPS) is 10.7. The third-order valence-corrected chi connectivity index (χ3v) is 4.28. The largest absolute Gasteiger partial charge is 0.275 e. The molecule has 0 spiro atoms. The molecule has 0 aliphatic carbocycles. The summed E-state index contributed by atoms with van der Waals surface area (Å²) in [4.78, 5) is 12.7. The van der Waals surface area contributed by atoms with Gasteiger partial charge in [-0.3, -0.25) is 4.79 Å². The zero-order valence-corrected chi connectivity index (χ0v) is 11.0. The molecule has 3 rings (SSSR count). The number of halogens is 1. The van der Waals surface area contributed by atoms with Gasteiger partial charge < -0.3 is 0 Å². The second kappa shape index (κ2) is 4.56. The quantitative estimate of drug-likeness (QED) is 0.604. The van der Waals surface area contributed by atoms with Crippen molar-refractivity contribution in [1.29, 1.82) is 0 Å². The summed E-state index contributed by atoms with van der Waals surface area (Å²) >= 11 is 6.89. The molecular weight excluding hydrogens is 264 g/mol. The molecule has 3 heteroatoms. The number of carbonyl (C=O) groups is 1. The minimum absolute atomic E-state index is 0.396. The smallest absolute Gasteiger partial charge is 0.262 e. The number of hydrogen-bond acceptors (Lipinski definition) is 2. The molecule has 0 aliphatic heterocycles. The molecule has 0 bridgehead atoms. The summed E-state index contributed by atoms with van der Waals surface area (Å²) in [6, 6.07) is 18.2. The number of carbonyl (C=O) groups excluding carboxylic acids is 1. The number of hydrogen-bond donors (Lipinski definition) is 0. The van der Waals surface area contributed by atoms with E-state index in [0.717, 1.165) is 10.4 Å². The second-order valence-electron chi connectivity index (χ2n) is 4.00. The first kappa shape index (κ1) is 11.5. The summed E-state index contributed by atoms with van der Waals surface area (Å²) in [6.07, 6.45) is 0. The van der Waals surface area contributed by atoms with Crippen LogP contribution in [-0.2, 0) is 0 Å². The first-order chi connectivity index (χ1) is 8.74. The van der Waals surface area contributed by atoms with Crippen molar-refractivity contribution < 1.29 is 4.79 Å². The summed E-state index contributed by atoms with van der Waals surface area (Å²) in [5.74, 6) is 0. The van der Waals surface area contributed by atoms with Gasteiger partial charge in [0.05, 0.1) is 4.88 Å². The summed E-state index contributed by atoms with van der Waals surface area (Å²) in [5.41, 5.74) is 1.11. The summed E-state index contributed by atoms with van der Waals surface area (Å²) < 4.78 is 0. The second-order valence-corrected chi connectivity index (χ2v) is 5.43. The van der Waals surface area contributed by atoms with Crippen LogP contribution in [0.3, 0.4) is 0 Å². The average Bonchev–Trinajstić information content (AvgIpc) is 2.88. The molecule has 1 aromatic heterocycles. The van der Waals surface area contributed by atoms with Gasteiger partial charge in [-0.05, 0) is 46.1 Å². The van der Waals surface area contributed by atoms with Crippen LogP contribution in [0.1, 0.15) is 9.67 Å². The maximum absolute atomic E-state index is 11.1. The van der Waals surface area contributed by atoms with Crippen LogP contribution in [0, 0.1) is 0 Å². The Labute approximate surface area is 114 Å². The van der Waals surface area contributed by atoms with E-state index >= 15 is 0 Å². The Bertz CT molecular complexity index is 730. The van der Waals surface area contributed by atoms with Gasteiger partial charge in [0, 0.05) is 4.88 Å². The molecule has 0 aliphatic rings. The van der Waals surface area contributed by atoms with Gasteiger partial charge in [0.2, 0.25) is 0 Å². The minimum atomic E-state index is -0.396. The molecule has 0 saturated carbocycles. The first-order valence-electron chi connectivity index (χ1n) is 5.53. The van der Waals surface area contributed by atoms with Crippen LogP contribution in [0.15, 0.2) is 54.6 Å². The van der Waals surface area contributed by atoms with E-state index in [1.165, 1.54) is 22.1 Å². The lowest BCUT2D eigenvalue weighted by molar-refractivity contribution is 0.108. The lowest BCUT2D eigenvalue weighted by Crippen LogP contribution is -1.78. The average molecular weight is 273 g/mol. The Morgan fingerprint density at radius 2 is 1.72 bits per heavy atom. The number of fused-ring (bicyclic) bond motifs is 1. The molecule has 0 fully saturated rings. The third-order valence-electron chi connectivity index (χ3n) is 2.83. The highest BCUT2D eigenvalue weighted by Gasteiger charge is 2.07. The van der Waals surface area contributed by atoms with E-state index in [1.54, 1.807) is 6.07 Å². The Morgan fingerprint density at radius 3 is 2.44 bits per heavy atom. The lowest BCUT2D eigenvalue weighted by Gasteiger charge is -2.01. The zero-order chi connectivity index (χ0) is 12.5. The van der Waals surface area contributed by atoms with Gasteiger partial charge in [-0.25, -0.2) is 0 Å². The van der Waals surface area contributed by atoms with Gasteiger partial charge in [-0.15, -0.1) is 11.3 Å². The summed E-state index contributed by atoms with van der Waals surface area (Å²) in [7, 11) is 0. The van der Waals surface area contributed by atoms with E-state index in [9.17, 15) is 4.79 Å². The predicted octanol–water partition coefficient (Wildman–Crippen LogP) is 4.95. The topological polar surface area (TPSA) is 17.1 Å². The van der Waals surface area contributed by atoms with Crippen molar-refractivity contribution in [2.24, 2.45) is 0 Å². The fraction of sp³-hybridized carbons (Fsp3) is 0. The molecule has 1 nitrogen and oxygen atoms in total. The van der Waals surface area contributed by atoms with Gasteiger partial charge >= 0.3 is 0 Å². The van der Waals surface area contributed by atoms with Crippen LogP contribution >= 0.6 is 22.9 Å². The fourth-order valence-corrected chi connectivity index (χ4v) is 2.95. The summed E-state index contributed by atoms with van der Waals surface area (Å²) in [5, 5.41) is 2.01. The molecule has 0 saturated heterocycles. The predicted molar refractivity (Wildman–Crippen MR) is 77.4 cm³/mol. The van der Waals surface area contributed by atoms with Crippen molar-refractivity contribution in [3.05, 3.63) is 59.5 Å². The van der Waals surface area contributed by atoms with E-state index in [2.05, 4.69) is 30.3 Å². The standard InChI is InChI=1S/C15H9ClOS/c16-15(17)14-8-7-13(18-14)12-6-5-10-3-1-2-4-11(10)9-12/h1-9H. The van der Waals surface area contributed by atoms with Gasteiger partial charge in [-0.1, -0.05) is 36.4 Å². The van der Waals surface area contributed by atoms with E-state index < -0.39 is 5.24 Å². The molecule has 0 amide bonds. The monoisotopic (exact) mass is 272 g/mol. The Balaban J connectivity index is 2.10. The fourth-order valence-electron chi connectivity index (χ4n) is 1.94. The molecule has 1 heterocycles. The molecular formula is C15H9ClOS. The van der Waals surface area contributed by atoms with Crippen molar-refractivity contribution in [1.82, 2.24) is 0 Å². The Hall–Kier alpha value is -1.64. The number of rotatable bonds is 2. The molecule has 88 valence electrons. The summed E-state index contributed by atoms with van der Waals surface area (Å²) in [6.45, 7) is 0. The number of benzene rings is 2. The zero-order valence-electron chi connectivity index (χ0n) is 9.39. The van der Waals surface area contributed by atoms with Crippen LogP contribution in [0.5, 0.6) is 0 Å². The maximum Gasteiger partial charge on any atom is 0.262 e. The van der Waals surface area contributed by atoms with Gasteiger partial charge in [0.15, 0.2) is 0 Å². The molecule has 2 aromatic carbocycles. The molecule has 0 atom stereocenters. The van der Waals surface area contributed by atoms with Crippen molar-refractivity contribution in [3.8, 4) is 10.4 Å². The van der Waals surface area contributed by atoms with E-state index in [-0.39, 0.29) is 0 Å². The minimum Gasteiger partial charge on any atom is -0.275 e.